The Balaban J connectivity index is 2.17. The lowest BCUT2D eigenvalue weighted by molar-refractivity contribution is -0.118. The number of carbonyl (C=O) groups excluding carboxylic acids is 2. The normalized spacial score (nSPS) is 11.0. The van der Waals surface area contributed by atoms with Crippen molar-refractivity contribution < 1.29 is 14.3 Å². The van der Waals surface area contributed by atoms with Crippen molar-refractivity contribution in [2.45, 2.75) is 20.8 Å². The Hall–Kier alpha value is -2.88. The summed E-state index contributed by atoms with van der Waals surface area (Å²) in [6, 6.07) is 14.7. The molecule has 1 N–H and O–H groups in total. The second-order valence-corrected chi connectivity index (χ2v) is 5.44. The summed E-state index contributed by atoms with van der Waals surface area (Å²) in [5, 5.41) is 2.74. The van der Waals surface area contributed by atoms with Crippen LogP contribution in [-0.2, 0) is 9.59 Å². The van der Waals surface area contributed by atoms with Gasteiger partial charge in [0.15, 0.2) is 5.78 Å². The van der Waals surface area contributed by atoms with Crippen LogP contribution in [-0.4, -0.2) is 18.3 Å². The molecule has 0 saturated heterocycles. The predicted molar refractivity (Wildman–Crippen MR) is 96.1 cm³/mol. The first-order chi connectivity index (χ1) is 11.5. The van der Waals surface area contributed by atoms with Crippen LogP contribution in [0.4, 0.5) is 5.69 Å². The first-order valence-electron chi connectivity index (χ1n) is 7.83. The highest BCUT2D eigenvalue weighted by atomic mass is 16.5. The van der Waals surface area contributed by atoms with Gasteiger partial charge in [0, 0.05) is 5.69 Å². The summed E-state index contributed by atoms with van der Waals surface area (Å²) in [7, 11) is 0. The standard InChI is InChI=1S/C20H21NO3/c1-4-24-18-11-9-17(10-12-18)21-20(23)19(15(3)22)13-16-7-5-14(2)6-8-16/h5-13H,4H2,1-3H3,(H,21,23)/b19-13-. The molecule has 24 heavy (non-hydrogen) atoms. The van der Waals surface area contributed by atoms with Crippen molar-refractivity contribution >= 4 is 23.5 Å². The maximum Gasteiger partial charge on any atom is 0.259 e. The Morgan fingerprint density at radius 2 is 1.67 bits per heavy atom. The summed E-state index contributed by atoms with van der Waals surface area (Å²) in [5.74, 6) is 0.0312. The molecule has 2 aromatic carbocycles. The van der Waals surface area contributed by atoms with Crippen LogP contribution in [0.2, 0.25) is 0 Å². The van der Waals surface area contributed by atoms with Gasteiger partial charge in [0.25, 0.3) is 5.91 Å². The number of hydrogen-bond donors (Lipinski definition) is 1. The van der Waals surface area contributed by atoms with E-state index >= 15 is 0 Å². The van der Waals surface area contributed by atoms with E-state index in [2.05, 4.69) is 5.32 Å². The molecule has 0 radical (unpaired) electrons. The van der Waals surface area contributed by atoms with Crippen molar-refractivity contribution in [2.24, 2.45) is 0 Å². The van der Waals surface area contributed by atoms with Crippen molar-refractivity contribution in [1.29, 1.82) is 0 Å². The topological polar surface area (TPSA) is 55.4 Å². The number of Topliss-reactive ketones (excluding diaryl/α,β-unsaturated/α-hetero) is 1. The molecule has 0 heterocycles. The number of aryl methyl sites for hydroxylation is 1. The molecule has 0 aliphatic carbocycles. The van der Waals surface area contributed by atoms with Crippen LogP contribution < -0.4 is 10.1 Å². The van der Waals surface area contributed by atoms with E-state index in [-0.39, 0.29) is 11.4 Å². The van der Waals surface area contributed by atoms with Gasteiger partial charge >= 0.3 is 0 Å². The summed E-state index contributed by atoms with van der Waals surface area (Å²) in [4.78, 5) is 24.2. The number of anilines is 1. The number of ketones is 1. The second kappa shape index (κ2) is 8.11. The maximum absolute atomic E-state index is 12.4. The number of amides is 1. The zero-order chi connectivity index (χ0) is 17.5. The van der Waals surface area contributed by atoms with Crippen LogP contribution in [0.1, 0.15) is 25.0 Å². The minimum Gasteiger partial charge on any atom is -0.494 e. The van der Waals surface area contributed by atoms with Crippen LogP contribution in [0.15, 0.2) is 54.1 Å². The zero-order valence-corrected chi connectivity index (χ0v) is 14.1. The number of carbonyl (C=O) groups is 2. The van der Waals surface area contributed by atoms with Crippen molar-refractivity contribution in [3.63, 3.8) is 0 Å². The van der Waals surface area contributed by atoms with Gasteiger partial charge in [-0.15, -0.1) is 0 Å². The molecular weight excluding hydrogens is 302 g/mol. The van der Waals surface area contributed by atoms with Gasteiger partial charge in [-0.3, -0.25) is 9.59 Å². The van der Waals surface area contributed by atoms with E-state index in [0.717, 1.165) is 16.9 Å². The Bertz CT molecular complexity index is 743. The van der Waals surface area contributed by atoms with Crippen molar-refractivity contribution in [3.05, 3.63) is 65.2 Å². The number of nitrogens with one attached hydrogen (secondary N) is 1. The molecule has 0 fully saturated rings. The molecule has 2 rings (SSSR count). The minimum atomic E-state index is -0.424. The molecule has 4 nitrogen and oxygen atoms in total. The Morgan fingerprint density at radius 3 is 2.21 bits per heavy atom. The van der Waals surface area contributed by atoms with Gasteiger partial charge in [-0.2, -0.15) is 0 Å². The highest BCUT2D eigenvalue weighted by molar-refractivity contribution is 6.25. The molecule has 2 aromatic rings. The minimum absolute atomic E-state index is 0.118. The lowest BCUT2D eigenvalue weighted by atomic mass is 10.1. The Kier molecular flexibility index (Phi) is 5.90. The fraction of sp³-hybridized carbons (Fsp3) is 0.200. The van der Waals surface area contributed by atoms with Crippen molar-refractivity contribution in [1.82, 2.24) is 0 Å². The summed E-state index contributed by atoms with van der Waals surface area (Å²) in [6.45, 7) is 5.86. The molecule has 0 atom stereocenters. The van der Waals surface area contributed by atoms with E-state index in [1.54, 1.807) is 30.3 Å². The average molecular weight is 323 g/mol. The molecule has 1 amide bonds. The fourth-order valence-corrected chi connectivity index (χ4v) is 2.16. The highest BCUT2D eigenvalue weighted by Crippen LogP contribution is 2.17. The largest absolute Gasteiger partial charge is 0.494 e. The maximum atomic E-state index is 12.4. The van der Waals surface area contributed by atoms with Crippen molar-refractivity contribution in [3.8, 4) is 5.75 Å². The molecule has 124 valence electrons. The number of benzene rings is 2. The molecule has 0 saturated carbocycles. The summed E-state index contributed by atoms with van der Waals surface area (Å²) >= 11 is 0. The van der Waals surface area contributed by atoms with E-state index in [1.165, 1.54) is 6.92 Å². The van der Waals surface area contributed by atoms with E-state index in [9.17, 15) is 9.59 Å². The third-order valence-corrected chi connectivity index (χ3v) is 3.44. The van der Waals surface area contributed by atoms with Gasteiger partial charge in [0.2, 0.25) is 0 Å². The summed E-state index contributed by atoms with van der Waals surface area (Å²) in [5.41, 5.74) is 2.66. The molecule has 0 bridgehead atoms. The van der Waals surface area contributed by atoms with Gasteiger partial charge in [-0.1, -0.05) is 29.8 Å². The Labute approximate surface area is 142 Å². The van der Waals surface area contributed by atoms with E-state index in [1.807, 2.05) is 38.1 Å². The van der Waals surface area contributed by atoms with Gasteiger partial charge in [-0.05, 0) is 56.7 Å². The van der Waals surface area contributed by atoms with E-state index in [0.29, 0.717) is 12.3 Å². The molecule has 0 unspecified atom stereocenters. The van der Waals surface area contributed by atoms with Gasteiger partial charge < -0.3 is 10.1 Å². The van der Waals surface area contributed by atoms with Gasteiger partial charge in [0.1, 0.15) is 5.75 Å². The van der Waals surface area contributed by atoms with Crippen LogP contribution >= 0.6 is 0 Å². The van der Waals surface area contributed by atoms with Crippen LogP contribution in [0.25, 0.3) is 6.08 Å². The molecule has 4 heteroatoms. The highest BCUT2D eigenvalue weighted by Gasteiger charge is 2.14. The molecule has 0 aromatic heterocycles. The van der Waals surface area contributed by atoms with E-state index < -0.39 is 5.91 Å². The zero-order valence-electron chi connectivity index (χ0n) is 14.1. The lowest BCUT2D eigenvalue weighted by Crippen LogP contribution is -2.18. The van der Waals surface area contributed by atoms with Crippen LogP contribution in [0.5, 0.6) is 5.75 Å². The molecule has 0 aliphatic heterocycles. The second-order valence-electron chi connectivity index (χ2n) is 5.44. The monoisotopic (exact) mass is 323 g/mol. The Morgan fingerprint density at radius 1 is 1.04 bits per heavy atom. The first-order valence-corrected chi connectivity index (χ1v) is 7.83. The van der Waals surface area contributed by atoms with Crippen LogP contribution in [0.3, 0.4) is 0 Å². The summed E-state index contributed by atoms with van der Waals surface area (Å²) in [6.07, 6.45) is 1.60. The predicted octanol–water partition coefficient (Wildman–Crippen LogP) is 4.00. The lowest BCUT2D eigenvalue weighted by Gasteiger charge is -2.08. The third-order valence-electron chi connectivity index (χ3n) is 3.44. The molecule has 0 spiro atoms. The molecule has 0 aliphatic rings. The fourth-order valence-electron chi connectivity index (χ4n) is 2.16. The average Bonchev–Trinajstić information content (AvgIpc) is 2.56. The van der Waals surface area contributed by atoms with E-state index in [4.69, 9.17) is 4.74 Å². The quantitative estimate of drug-likeness (QED) is 0.496. The number of ether oxygens (including phenoxy) is 1. The SMILES string of the molecule is CCOc1ccc(NC(=O)/C(=C\c2ccc(C)cc2)C(C)=O)cc1. The van der Waals surface area contributed by atoms with Crippen molar-refractivity contribution in [2.75, 3.05) is 11.9 Å². The molecular formula is C20H21NO3. The van der Waals surface area contributed by atoms with Crippen LogP contribution in [0, 0.1) is 6.92 Å². The third kappa shape index (κ3) is 4.81. The first kappa shape index (κ1) is 17.5. The van der Waals surface area contributed by atoms with Gasteiger partial charge in [0.05, 0.1) is 12.2 Å². The number of hydrogen-bond acceptors (Lipinski definition) is 3. The summed E-state index contributed by atoms with van der Waals surface area (Å²) < 4.78 is 5.36. The number of rotatable bonds is 6. The van der Waals surface area contributed by atoms with Gasteiger partial charge in [-0.25, -0.2) is 0 Å². The smallest absolute Gasteiger partial charge is 0.259 e.